The summed E-state index contributed by atoms with van der Waals surface area (Å²) in [6.07, 6.45) is 3.52. The lowest BCUT2D eigenvalue weighted by Gasteiger charge is -2.10. The van der Waals surface area contributed by atoms with Crippen LogP contribution in [0.25, 0.3) is 72.5 Å². The molecule has 0 aliphatic heterocycles. The van der Waals surface area contributed by atoms with Crippen LogP contribution in [-0.2, 0) is 0 Å². The predicted molar refractivity (Wildman–Crippen MR) is 150 cm³/mol. The Hall–Kier alpha value is -5.36. The molecule has 0 saturated carbocycles. The van der Waals surface area contributed by atoms with E-state index in [2.05, 4.69) is 52.0 Å². The number of furan rings is 1. The number of pyridine rings is 1. The summed E-state index contributed by atoms with van der Waals surface area (Å²) in [5.74, 6) is 1.76. The normalized spacial score (nSPS) is 11.7. The van der Waals surface area contributed by atoms with Gasteiger partial charge >= 0.3 is 0 Å². The Bertz CT molecular complexity index is 2090. The minimum absolute atomic E-state index is 0.570. The van der Waals surface area contributed by atoms with Crippen molar-refractivity contribution in [3.63, 3.8) is 0 Å². The smallest absolute Gasteiger partial charge is 0.238 e. The number of hydrogen-bond acceptors (Lipinski definition) is 5. The van der Waals surface area contributed by atoms with E-state index in [0.717, 1.165) is 54.9 Å². The van der Waals surface area contributed by atoms with Crippen LogP contribution in [0.3, 0.4) is 0 Å². The van der Waals surface area contributed by atoms with Gasteiger partial charge in [0.15, 0.2) is 17.2 Å². The first kappa shape index (κ1) is 20.8. The number of hydrogen-bond donors (Lipinski definition) is 0. The molecular weight excluding hydrogens is 470 g/mol. The van der Waals surface area contributed by atoms with Gasteiger partial charge in [-0.2, -0.15) is 9.97 Å². The van der Waals surface area contributed by atoms with Crippen LogP contribution < -0.4 is 0 Å². The minimum atomic E-state index is 0.570. The second kappa shape index (κ2) is 8.08. The van der Waals surface area contributed by atoms with E-state index in [0.29, 0.717) is 17.6 Å². The molecule has 8 rings (SSSR count). The van der Waals surface area contributed by atoms with Crippen molar-refractivity contribution >= 4 is 43.7 Å². The number of rotatable bonds is 3. The van der Waals surface area contributed by atoms with E-state index in [-0.39, 0.29) is 0 Å². The van der Waals surface area contributed by atoms with Gasteiger partial charge in [0.2, 0.25) is 5.95 Å². The largest absolute Gasteiger partial charge is 0.454 e. The van der Waals surface area contributed by atoms with Crippen molar-refractivity contribution in [2.75, 3.05) is 0 Å². The fourth-order valence-electron chi connectivity index (χ4n) is 5.22. The van der Waals surface area contributed by atoms with Gasteiger partial charge in [-0.25, -0.2) is 4.98 Å². The van der Waals surface area contributed by atoms with Gasteiger partial charge in [0, 0.05) is 38.9 Å². The molecule has 0 aliphatic carbocycles. The Morgan fingerprint density at radius 1 is 0.526 bits per heavy atom. The molecular formula is C32H19N5O. The molecule has 0 aliphatic rings. The molecule has 6 heteroatoms. The van der Waals surface area contributed by atoms with Crippen molar-refractivity contribution in [2.24, 2.45) is 0 Å². The van der Waals surface area contributed by atoms with Crippen LogP contribution in [0.1, 0.15) is 0 Å². The Balaban J connectivity index is 1.41. The summed E-state index contributed by atoms with van der Waals surface area (Å²) in [6.45, 7) is 0. The molecule has 8 aromatic rings. The second-order valence-corrected chi connectivity index (χ2v) is 9.20. The van der Waals surface area contributed by atoms with Crippen molar-refractivity contribution in [1.82, 2.24) is 24.5 Å². The summed E-state index contributed by atoms with van der Waals surface area (Å²) in [6, 6.07) is 34.8. The quantitative estimate of drug-likeness (QED) is 0.256. The first-order valence-electron chi connectivity index (χ1n) is 12.4. The van der Waals surface area contributed by atoms with Gasteiger partial charge in [-0.15, -0.1) is 0 Å². The second-order valence-electron chi connectivity index (χ2n) is 9.20. The summed E-state index contributed by atoms with van der Waals surface area (Å²) in [4.78, 5) is 19.1. The van der Waals surface area contributed by atoms with Gasteiger partial charge in [0.1, 0.15) is 5.58 Å². The highest BCUT2D eigenvalue weighted by molar-refractivity contribution is 6.09. The van der Waals surface area contributed by atoms with E-state index in [1.54, 1.807) is 12.4 Å². The van der Waals surface area contributed by atoms with Gasteiger partial charge < -0.3 is 4.42 Å². The van der Waals surface area contributed by atoms with Gasteiger partial charge in [0.05, 0.1) is 17.2 Å². The number of benzene rings is 4. The zero-order valence-corrected chi connectivity index (χ0v) is 20.1. The fourth-order valence-corrected chi connectivity index (χ4v) is 5.22. The van der Waals surface area contributed by atoms with Crippen molar-refractivity contribution in [1.29, 1.82) is 0 Å². The SMILES string of the molecule is c1ccc(-c2nc(-c3ccc4c(c3)oc3cnccc34)nc(-n3c4ccccc4c4ccccc43)n2)cc1. The highest BCUT2D eigenvalue weighted by atomic mass is 16.3. The Morgan fingerprint density at radius 2 is 1.18 bits per heavy atom. The van der Waals surface area contributed by atoms with E-state index in [9.17, 15) is 0 Å². The van der Waals surface area contributed by atoms with Crippen LogP contribution >= 0.6 is 0 Å². The van der Waals surface area contributed by atoms with Gasteiger partial charge in [-0.3, -0.25) is 9.55 Å². The highest BCUT2D eigenvalue weighted by Gasteiger charge is 2.18. The average molecular weight is 490 g/mol. The summed E-state index contributed by atoms with van der Waals surface area (Å²) in [5, 5.41) is 4.38. The van der Waals surface area contributed by atoms with Gasteiger partial charge in [0.25, 0.3) is 0 Å². The Labute approximate surface area is 216 Å². The zero-order chi connectivity index (χ0) is 25.1. The Morgan fingerprint density at radius 3 is 1.95 bits per heavy atom. The van der Waals surface area contributed by atoms with Crippen LogP contribution in [0.2, 0.25) is 0 Å². The van der Waals surface area contributed by atoms with Crippen LogP contribution in [0.4, 0.5) is 0 Å². The van der Waals surface area contributed by atoms with Crippen LogP contribution in [-0.4, -0.2) is 24.5 Å². The number of nitrogens with zero attached hydrogens (tertiary/aromatic N) is 5. The van der Waals surface area contributed by atoms with Crippen LogP contribution in [0, 0.1) is 0 Å². The molecule has 0 unspecified atom stereocenters. The van der Waals surface area contributed by atoms with Gasteiger partial charge in [-0.05, 0) is 30.3 Å². The lowest BCUT2D eigenvalue weighted by atomic mass is 10.1. The van der Waals surface area contributed by atoms with Crippen LogP contribution in [0.15, 0.2) is 120 Å². The maximum Gasteiger partial charge on any atom is 0.238 e. The van der Waals surface area contributed by atoms with Crippen molar-refractivity contribution in [2.45, 2.75) is 0 Å². The molecule has 4 aromatic heterocycles. The lowest BCUT2D eigenvalue weighted by Crippen LogP contribution is -2.06. The molecule has 38 heavy (non-hydrogen) atoms. The van der Waals surface area contributed by atoms with Crippen molar-refractivity contribution < 1.29 is 4.42 Å². The summed E-state index contributed by atoms with van der Waals surface area (Å²) >= 11 is 0. The molecule has 6 nitrogen and oxygen atoms in total. The molecule has 4 heterocycles. The standard InChI is InChI=1S/C32H19N5O/c1-2-8-20(9-3-1)30-34-31(21-14-15-24-25-16-17-33-19-29(25)38-28(24)18-21)36-32(35-30)37-26-12-6-4-10-22(26)23-11-5-7-13-27(23)37/h1-19H. The third-order valence-electron chi connectivity index (χ3n) is 6.97. The van der Waals surface area contributed by atoms with Crippen molar-refractivity contribution in [3.8, 4) is 28.7 Å². The summed E-state index contributed by atoms with van der Waals surface area (Å²) in [7, 11) is 0. The third-order valence-corrected chi connectivity index (χ3v) is 6.97. The van der Waals surface area contributed by atoms with Gasteiger partial charge in [-0.1, -0.05) is 72.8 Å². The molecule has 0 saturated heterocycles. The molecule has 0 radical (unpaired) electrons. The maximum atomic E-state index is 6.11. The molecule has 4 aromatic carbocycles. The van der Waals surface area contributed by atoms with E-state index < -0.39 is 0 Å². The van der Waals surface area contributed by atoms with Crippen molar-refractivity contribution in [3.05, 3.63) is 116 Å². The third kappa shape index (κ3) is 3.14. The average Bonchev–Trinajstić information content (AvgIpc) is 3.53. The molecule has 0 spiro atoms. The van der Waals surface area contributed by atoms with E-state index in [1.165, 1.54) is 0 Å². The van der Waals surface area contributed by atoms with E-state index in [1.807, 2.05) is 60.7 Å². The van der Waals surface area contributed by atoms with E-state index in [4.69, 9.17) is 19.4 Å². The molecule has 0 N–H and O–H groups in total. The highest BCUT2D eigenvalue weighted by Crippen LogP contribution is 2.34. The first-order valence-corrected chi connectivity index (χ1v) is 12.4. The topological polar surface area (TPSA) is 69.6 Å². The van der Waals surface area contributed by atoms with Crippen LogP contribution in [0.5, 0.6) is 0 Å². The molecule has 0 atom stereocenters. The lowest BCUT2D eigenvalue weighted by molar-refractivity contribution is 0.667. The fraction of sp³-hybridized carbons (Fsp3) is 0. The predicted octanol–water partition coefficient (Wildman–Crippen LogP) is 7.60. The summed E-state index contributed by atoms with van der Waals surface area (Å²) in [5.41, 5.74) is 5.40. The number of aromatic nitrogens is 5. The molecule has 0 fully saturated rings. The number of fused-ring (bicyclic) bond motifs is 6. The zero-order valence-electron chi connectivity index (χ0n) is 20.1. The minimum Gasteiger partial charge on any atom is -0.454 e. The summed E-state index contributed by atoms with van der Waals surface area (Å²) < 4.78 is 8.23. The first-order chi connectivity index (χ1) is 18.8. The maximum absolute atomic E-state index is 6.11. The molecule has 0 amide bonds. The molecule has 0 bridgehead atoms. The van der Waals surface area contributed by atoms with E-state index >= 15 is 0 Å². The number of para-hydroxylation sites is 2. The molecule has 178 valence electrons. The monoisotopic (exact) mass is 489 g/mol. The Kier molecular flexibility index (Phi) is 4.42.